The van der Waals surface area contributed by atoms with Gasteiger partial charge in [0.15, 0.2) is 17.5 Å². The lowest BCUT2D eigenvalue weighted by Crippen LogP contribution is -2.60. The third-order valence-electron chi connectivity index (χ3n) is 5.81. The third kappa shape index (κ3) is 3.31. The SMILES string of the molecule is Cc1ncc(F)c(Nc2n[nH]c3c2CN(C(=O)N2C[C@@H](C)NC[C@@H]2C)C3(C)C)n1. The molecular weight excluding hydrogens is 375 g/mol. The largest absolute Gasteiger partial charge is 0.321 e. The van der Waals surface area contributed by atoms with Gasteiger partial charge in [0, 0.05) is 30.7 Å². The van der Waals surface area contributed by atoms with Crippen LogP contribution in [-0.4, -0.2) is 61.2 Å². The van der Waals surface area contributed by atoms with E-state index in [9.17, 15) is 9.18 Å². The Hall–Kier alpha value is -2.75. The Kier molecular flexibility index (Phi) is 4.68. The number of piperazine rings is 1. The fraction of sp³-hybridized carbons (Fsp3) is 0.579. The van der Waals surface area contributed by atoms with Crippen molar-refractivity contribution in [3.05, 3.63) is 29.1 Å². The predicted octanol–water partition coefficient (Wildman–Crippen LogP) is 2.24. The fourth-order valence-electron chi connectivity index (χ4n) is 4.02. The molecule has 10 heteroatoms. The van der Waals surface area contributed by atoms with Crippen LogP contribution in [0.15, 0.2) is 6.20 Å². The lowest BCUT2D eigenvalue weighted by Gasteiger charge is -2.42. The zero-order chi connectivity index (χ0) is 20.9. The van der Waals surface area contributed by atoms with Crippen molar-refractivity contribution in [3.8, 4) is 0 Å². The molecule has 0 spiro atoms. The number of aryl methyl sites for hydroxylation is 1. The summed E-state index contributed by atoms with van der Waals surface area (Å²) in [5.74, 6) is 0.447. The summed E-state index contributed by atoms with van der Waals surface area (Å²) in [7, 11) is 0. The third-order valence-corrected chi connectivity index (χ3v) is 5.81. The summed E-state index contributed by atoms with van der Waals surface area (Å²) in [5, 5.41) is 13.7. The molecule has 2 aromatic heterocycles. The summed E-state index contributed by atoms with van der Waals surface area (Å²) in [6, 6.07) is 0.360. The highest BCUT2D eigenvalue weighted by molar-refractivity contribution is 5.78. The first-order chi connectivity index (χ1) is 13.7. The van der Waals surface area contributed by atoms with Gasteiger partial charge in [0.05, 0.1) is 24.0 Å². The van der Waals surface area contributed by atoms with Gasteiger partial charge in [0.1, 0.15) is 5.82 Å². The molecule has 0 saturated carbocycles. The molecule has 29 heavy (non-hydrogen) atoms. The molecule has 156 valence electrons. The standard InChI is InChI=1S/C19H27FN8O/c1-10-8-27(11(2)6-21-10)18(29)28-9-13-15(19(28,4)5)25-26-16(13)24-17-14(20)7-22-12(3)23-17/h7,10-11,21H,6,8-9H2,1-5H3,(H2,22,23,24,25,26)/t10-,11+/m1/s1. The van der Waals surface area contributed by atoms with Crippen molar-refractivity contribution in [1.82, 2.24) is 35.3 Å². The molecule has 9 nitrogen and oxygen atoms in total. The Morgan fingerprint density at radius 1 is 1.34 bits per heavy atom. The smallest absolute Gasteiger partial charge is 0.321 e. The number of aromatic nitrogens is 4. The minimum atomic E-state index is -0.562. The molecule has 2 aromatic rings. The summed E-state index contributed by atoms with van der Waals surface area (Å²) >= 11 is 0. The second-order valence-corrected chi connectivity index (χ2v) is 8.40. The van der Waals surface area contributed by atoms with E-state index in [2.05, 4.69) is 37.7 Å². The summed E-state index contributed by atoms with van der Waals surface area (Å²) in [4.78, 5) is 25.1. The van der Waals surface area contributed by atoms with Gasteiger partial charge in [-0.1, -0.05) is 0 Å². The average Bonchev–Trinajstić information content (AvgIpc) is 3.18. The van der Waals surface area contributed by atoms with Gasteiger partial charge in [-0.3, -0.25) is 5.10 Å². The number of nitrogens with one attached hydrogen (secondary N) is 3. The van der Waals surface area contributed by atoms with Gasteiger partial charge in [-0.2, -0.15) is 5.10 Å². The van der Waals surface area contributed by atoms with E-state index >= 15 is 0 Å². The van der Waals surface area contributed by atoms with Crippen LogP contribution in [0.1, 0.15) is 44.8 Å². The van der Waals surface area contributed by atoms with Crippen molar-refractivity contribution < 1.29 is 9.18 Å². The van der Waals surface area contributed by atoms with E-state index < -0.39 is 11.4 Å². The molecule has 2 atom stereocenters. The van der Waals surface area contributed by atoms with Gasteiger partial charge in [-0.05, 0) is 34.6 Å². The van der Waals surface area contributed by atoms with E-state index in [4.69, 9.17) is 0 Å². The number of anilines is 2. The number of rotatable bonds is 2. The van der Waals surface area contributed by atoms with Crippen molar-refractivity contribution in [2.75, 3.05) is 18.4 Å². The quantitative estimate of drug-likeness (QED) is 0.712. The number of carbonyl (C=O) groups is 1. The van der Waals surface area contributed by atoms with E-state index in [1.165, 1.54) is 0 Å². The van der Waals surface area contributed by atoms with Crippen LogP contribution in [0.25, 0.3) is 0 Å². The van der Waals surface area contributed by atoms with Crippen LogP contribution in [0.3, 0.4) is 0 Å². The van der Waals surface area contributed by atoms with Gasteiger partial charge < -0.3 is 20.4 Å². The molecule has 4 heterocycles. The molecule has 0 aliphatic carbocycles. The van der Waals surface area contributed by atoms with E-state index in [1.807, 2.05) is 30.6 Å². The molecule has 1 saturated heterocycles. The van der Waals surface area contributed by atoms with Gasteiger partial charge in [0.2, 0.25) is 0 Å². The summed E-state index contributed by atoms with van der Waals surface area (Å²) in [6.07, 6.45) is 1.13. The number of nitrogens with zero attached hydrogens (tertiary/aromatic N) is 5. The van der Waals surface area contributed by atoms with E-state index in [1.54, 1.807) is 6.92 Å². The number of carbonyl (C=O) groups excluding carboxylic acids is 1. The van der Waals surface area contributed by atoms with Crippen molar-refractivity contribution in [2.45, 2.75) is 58.8 Å². The molecule has 3 N–H and O–H groups in total. The van der Waals surface area contributed by atoms with Gasteiger partial charge in [-0.15, -0.1) is 0 Å². The fourth-order valence-corrected chi connectivity index (χ4v) is 4.02. The second kappa shape index (κ2) is 6.94. The summed E-state index contributed by atoms with van der Waals surface area (Å²) in [6.45, 7) is 11.6. The van der Waals surface area contributed by atoms with Crippen LogP contribution in [-0.2, 0) is 12.1 Å². The van der Waals surface area contributed by atoms with Gasteiger partial charge >= 0.3 is 6.03 Å². The number of fused-ring (bicyclic) bond motifs is 1. The van der Waals surface area contributed by atoms with E-state index in [0.29, 0.717) is 24.7 Å². The van der Waals surface area contributed by atoms with Crippen LogP contribution >= 0.6 is 0 Å². The Bertz CT molecular complexity index is 942. The highest BCUT2D eigenvalue weighted by Crippen LogP contribution is 2.41. The molecule has 0 aromatic carbocycles. The molecule has 2 aliphatic heterocycles. The van der Waals surface area contributed by atoms with Crippen LogP contribution in [0.2, 0.25) is 0 Å². The van der Waals surface area contributed by atoms with E-state index in [0.717, 1.165) is 24.0 Å². The molecule has 2 aliphatic rings. The number of hydrogen-bond donors (Lipinski definition) is 3. The molecule has 0 radical (unpaired) electrons. The normalized spacial score (nSPS) is 23.2. The number of halogens is 1. The second-order valence-electron chi connectivity index (χ2n) is 8.40. The Morgan fingerprint density at radius 3 is 2.86 bits per heavy atom. The summed E-state index contributed by atoms with van der Waals surface area (Å²) in [5.41, 5.74) is 1.12. The van der Waals surface area contributed by atoms with E-state index in [-0.39, 0.29) is 23.9 Å². The molecule has 0 unspecified atom stereocenters. The van der Waals surface area contributed by atoms with Crippen molar-refractivity contribution >= 4 is 17.7 Å². The maximum Gasteiger partial charge on any atom is 0.321 e. The number of urea groups is 1. The first kappa shape index (κ1) is 19.6. The zero-order valence-corrected chi connectivity index (χ0v) is 17.4. The maximum absolute atomic E-state index is 14.1. The first-order valence-corrected chi connectivity index (χ1v) is 9.84. The number of aromatic amines is 1. The molecule has 1 fully saturated rings. The highest BCUT2D eigenvalue weighted by Gasteiger charge is 2.46. The number of H-pyrrole nitrogens is 1. The maximum atomic E-state index is 14.1. The summed E-state index contributed by atoms with van der Waals surface area (Å²) < 4.78 is 14.1. The zero-order valence-electron chi connectivity index (χ0n) is 17.4. The van der Waals surface area contributed by atoms with Crippen molar-refractivity contribution in [1.29, 1.82) is 0 Å². The van der Waals surface area contributed by atoms with Crippen LogP contribution < -0.4 is 10.6 Å². The van der Waals surface area contributed by atoms with Crippen LogP contribution in [0.5, 0.6) is 0 Å². The monoisotopic (exact) mass is 402 g/mol. The highest BCUT2D eigenvalue weighted by atomic mass is 19.1. The Morgan fingerprint density at radius 2 is 2.10 bits per heavy atom. The van der Waals surface area contributed by atoms with Gasteiger partial charge in [0.25, 0.3) is 0 Å². The Balaban J connectivity index is 1.60. The average molecular weight is 402 g/mol. The minimum absolute atomic E-state index is 0.00420. The number of amides is 2. The number of hydrogen-bond acceptors (Lipinski definition) is 6. The molecule has 2 amide bonds. The first-order valence-electron chi connectivity index (χ1n) is 9.84. The Labute approximate surface area is 169 Å². The molecular formula is C19H27FN8O. The molecule has 0 bridgehead atoms. The lowest BCUT2D eigenvalue weighted by atomic mass is 10.0. The minimum Gasteiger partial charge on any atom is -0.321 e. The van der Waals surface area contributed by atoms with Gasteiger partial charge in [-0.25, -0.2) is 19.2 Å². The van der Waals surface area contributed by atoms with Crippen molar-refractivity contribution in [3.63, 3.8) is 0 Å². The predicted molar refractivity (Wildman–Crippen MR) is 106 cm³/mol. The van der Waals surface area contributed by atoms with Crippen molar-refractivity contribution in [2.24, 2.45) is 0 Å². The lowest BCUT2D eigenvalue weighted by molar-refractivity contribution is 0.0808. The molecule has 4 rings (SSSR count). The van der Waals surface area contributed by atoms with Crippen LogP contribution in [0, 0.1) is 12.7 Å². The van der Waals surface area contributed by atoms with Crippen LogP contribution in [0.4, 0.5) is 20.8 Å². The topological polar surface area (TPSA) is 102 Å².